The quantitative estimate of drug-likeness (QED) is 0.707. The molecule has 0 amide bonds. The molecule has 0 heterocycles. The molecule has 0 radical (unpaired) electrons. The molecule has 0 unspecified atom stereocenters. The van der Waals surface area contributed by atoms with Gasteiger partial charge >= 0.3 is 0 Å². The Morgan fingerprint density at radius 1 is 1.16 bits per heavy atom. The lowest BCUT2D eigenvalue weighted by molar-refractivity contribution is -0.114. The van der Waals surface area contributed by atoms with Crippen molar-refractivity contribution in [1.82, 2.24) is 0 Å². The molecule has 2 saturated carbocycles. The van der Waals surface area contributed by atoms with Gasteiger partial charge in [-0.05, 0) is 85.3 Å². The number of aliphatic hydroxyl groups is 1. The molecule has 168 valence electrons. The second-order valence-corrected chi connectivity index (χ2v) is 10.9. The molecule has 4 heteroatoms. The van der Waals surface area contributed by atoms with E-state index in [9.17, 15) is 15.2 Å². The van der Waals surface area contributed by atoms with Crippen molar-refractivity contribution < 1.29 is 9.90 Å². The molecule has 4 aliphatic carbocycles. The third-order valence-electron chi connectivity index (χ3n) is 9.24. The molecule has 0 bridgehead atoms. The number of carbonyl (C=O) groups excluding carboxylic acids is 1. The second kappa shape index (κ2) is 7.59. The van der Waals surface area contributed by atoms with Gasteiger partial charge in [0, 0.05) is 37.5 Å². The van der Waals surface area contributed by atoms with Gasteiger partial charge in [0.15, 0.2) is 5.78 Å². The molecule has 1 aromatic rings. The molecule has 5 rings (SSSR count). The van der Waals surface area contributed by atoms with E-state index >= 15 is 0 Å². The largest absolute Gasteiger partial charge is 0.388 e. The van der Waals surface area contributed by atoms with Crippen LogP contribution in [0.1, 0.15) is 69.8 Å². The highest BCUT2D eigenvalue weighted by atomic mass is 16.3. The normalized spacial score (nSPS) is 36.0. The summed E-state index contributed by atoms with van der Waals surface area (Å²) in [4.78, 5) is 14.3. The summed E-state index contributed by atoms with van der Waals surface area (Å²) < 4.78 is 0. The minimum absolute atomic E-state index is 0.213. The molecule has 4 nitrogen and oxygen atoms in total. The first-order chi connectivity index (χ1) is 15.3. The summed E-state index contributed by atoms with van der Waals surface area (Å²) in [5, 5.41) is 21.2. The Balaban J connectivity index is 1.66. The fraction of sp³-hybridized carbons (Fsp3) is 0.571. The highest BCUT2D eigenvalue weighted by Crippen LogP contribution is 2.67. The summed E-state index contributed by atoms with van der Waals surface area (Å²) in [7, 11) is 4.11. The van der Waals surface area contributed by atoms with Crippen LogP contribution in [0.2, 0.25) is 0 Å². The molecule has 0 aliphatic heterocycles. The number of anilines is 1. The van der Waals surface area contributed by atoms with E-state index in [-0.39, 0.29) is 23.5 Å². The van der Waals surface area contributed by atoms with E-state index in [2.05, 4.69) is 56.3 Å². The van der Waals surface area contributed by atoms with E-state index in [0.717, 1.165) is 32.1 Å². The average Bonchev–Trinajstić information content (AvgIpc) is 3.03. The van der Waals surface area contributed by atoms with Gasteiger partial charge < -0.3 is 10.0 Å². The lowest BCUT2D eigenvalue weighted by Crippen LogP contribution is -2.51. The summed E-state index contributed by atoms with van der Waals surface area (Å²) in [6.07, 6.45) is 8.17. The summed E-state index contributed by atoms with van der Waals surface area (Å²) in [5.74, 6) is 1.33. The van der Waals surface area contributed by atoms with Crippen LogP contribution in [0.15, 0.2) is 47.1 Å². The Kier molecular flexibility index (Phi) is 5.09. The third kappa shape index (κ3) is 3.09. The van der Waals surface area contributed by atoms with E-state index < -0.39 is 5.60 Å². The number of benzene rings is 1. The number of ketones is 1. The zero-order valence-corrected chi connectivity index (χ0v) is 19.5. The Morgan fingerprint density at radius 3 is 2.59 bits per heavy atom. The number of nitrogens with zero attached hydrogens (tertiary/aromatic N) is 2. The van der Waals surface area contributed by atoms with Gasteiger partial charge in [0.05, 0.1) is 18.1 Å². The van der Waals surface area contributed by atoms with Crippen molar-refractivity contribution in [1.29, 1.82) is 5.26 Å². The van der Waals surface area contributed by atoms with Crippen LogP contribution in [-0.4, -0.2) is 30.6 Å². The van der Waals surface area contributed by atoms with Gasteiger partial charge in [-0.2, -0.15) is 5.26 Å². The number of hydrogen-bond acceptors (Lipinski definition) is 4. The van der Waals surface area contributed by atoms with Crippen LogP contribution in [-0.2, 0) is 4.79 Å². The van der Waals surface area contributed by atoms with Crippen molar-refractivity contribution in [2.24, 2.45) is 17.3 Å². The number of nitriles is 1. The number of rotatable bonds is 3. The molecule has 1 aromatic carbocycles. The molecule has 0 spiro atoms. The monoisotopic (exact) mass is 430 g/mol. The van der Waals surface area contributed by atoms with Crippen LogP contribution in [0.4, 0.5) is 5.69 Å². The van der Waals surface area contributed by atoms with Crippen molar-refractivity contribution in [3.8, 4) is 6.07 Å². The van der Waals surface area contributed by atoms with Crippen LogP contribution in [0.3, 0.4) is 0 Å². The standard InChI is InChI=1S/C28H34N2O2/c1-27-17-24(18-4-7-20(8-5-18)30(2)3)26-22-11-9-21(31)16-19(22)6-10-23(26)25(27)12-13-28(27,32)14-15-29/h4-5,7-8,16,23-25,32H,6,9-14,17H2,1-3H3/t23-,24+,25-,27-,28+/m0/s1. The van der Waals surface area contributed by atoms with Gasteiger partial charge in [-0.25, -0.2) is 0 Å². The topological polar surface area (TPSA) is 64.3 Å². The SMILES string of the molecule is CN(C)c1ccc([C@H]2C[C@@]3(C)[C@@H](CC[C@@]3(O)CC#N)[C@@H]3CCC4=CC(=O)CCC4=C32)cc1. The lowest BCUT2D eigenvalue weighted by Gasteiger charge is -2.54. The Bertz CT molecular complexity index is 1040. The number of carbonyl (C=O) groups is 1. The van der Waals surface area contributed by atoms with Crippen molar-refractivity contribution in [3.05, 3.63) is 52.6 Å². The number of fused-ring (bicyclic) bond motifs is 4. The van der Waals surface area contributed by atoms with Crippen LogP contribution in [0.25, 0.3) is 0 Å². The molecule has 1 N–H and O–H groups in total. The molecule has 5 atom stereocenters. The summed E-state index contributed by atoms with van der Waals surface area (Å²) in [6.45, 7) is 2.25. The Morgan fingerprint density at radius 2 is 1.91 bits per heavy atom. The molecule has 2 fully saturated rings. The van der Waals surface area contributed by atoms with Crippen LogP contribution < -0.4 is 4.90 Å². The average molecular weight is 431 g/mol. The van der Waals surface area contributed by atoms with Crippen molar-refractivity contribution in [2.75, 3.05) is 19.0 Å². The van der Waals surface area contributed by atoms with Gasteiger partial charge in [0.2, 0.25) is 0 Å². The van der Waals surface area contributed by atoms with Crippen LogP contribution in [0, 0.1) is 28.6 Å². The molecular weight excluding hydrogens is 396 g/mol. The van der Waals surface area contributed by atoms with E-state index in [1.165, 1.54) is 28.0 Å². The first-order valence-electron chi connectivity index (χ1n) is 12.1. The summed E-state index contributed by atoms with van der Waals surface area (Å²) in [5.41, 5.74) is 5.52. The molecule has 4 aliphatic rings. The van der Waals surface area contributed by atoms with Crippen molar-refractivity contribution in [3.63, 3.8) is 0 Å². The maximum absolute atomic E-state index is 12.2. The predicted molar refractivity (Wildman–Crippen MR) is 126 cm³/mol. The number of hydrogen-bond donors (Lipinski definition) is 1. The van der Waals surface area contributed by atoms with Gasteiger partial charge in [-0.15, -0.1) is 0 Å². The van der Waals surface area contributed by atoms with Crippen LogP contribution >= 0.6 is 0 Å². The number of allylic oxidation sites excluding steroid dienone is 4. The Hall–Kier alpha value is -2.38. The smallest absolute Gasteiger partial charge is 0.156 e. The maximum Gasteiger partial charge on any atom is 0.156 e. The minimum atomic E-state index is -0.914. The maximum atomic E-state index is 12.2. The third-order valence-corrected chi connectivity index (χ3v) is 9.24. The van der Waals surface area contributed by atoms with E-state index in [0.29, 0.717) is 24.7 Å². The Labute approximate surface area is 191 Å². The lowest BCUT2D eigenvalue weighted by atomic mass is 9.51. The molecule has 0 saturated heterocycles. The second-order valence-electron chi connectivity index (χ2n) is 10.9. The van der Waals surface area contributed by atoms with Gasteiger partial charge in [0.25, 0.3) is 0 Å². The first-order valence-corrected chi connectivity index (χ1v) is 12.1. The van der Waals surface area contributed by atoms with E-state index in [1.54, 1.807) is 0 Å². The van der Waals surface area contributed by atoms with E-state index in [1.807, 2.05) is 6.08 Å². The zero-order chi connectivity index (χ0) is 22.7. The fourth-order valence-corrected chi connectivity index (χ4v) is 7.48. The van der Waals surface area contributed by atoms with Crippen LogP contribution in [0.5, 0.6) is 0 Å². The van der Waals surface area contributed by atoms with Crippen molar-refractivity contribution >= 4 is 11.5 Å². The summed E-state index contributed by atoms with van der Waals surface area (Å²) >= 11 is 0. The highest BCUT2D eigenvalue weighted by molar-refractivity contribution is 5.93. The van der Waals surface area contributed by atoms with Gasteiger partial charge in [-0.1, -0.05) is 24.6 Å². The molecule has 0 aromatic heterocycles. The van der Waals surface area contributed by atoms with Gasteiger partial charge in [-0.3, -0.25) is 4.79 Å². The highest BCUT2D eigenvalue weighted by Gasteiger charge is 2.62. The fourth-order valence-electron chi connectivity index (χ4n) is 7.48. The van der Waals surface area contributed by atoms with Crippen molar-refractivity contribution in [2.45, 2.75) is 69.8 Å². The first kappa shape index (κ1) is 21.5. The van der Waals surface area contributed by atoms with E-state index in [4.69, 9.17) is 0 Å². The molecule has 32 heavy (non-hydrogen) atoms. The predicted octanol–water partition coefficient (Wildman–Crippen LogP) is 5.30. The molecular formula is C28H34N2O2. The zero-order valence-electron chi connectivity index (χ0n) is 19.5. The summed E-state index contributed by atoms with van der Waals surface area (Å²) in [6, 6.07) is 11.2. The van der Waals surface area contributed by atoms with Gasteiger partial charge in [0.1, 0.15) is 0 Å². The minimum Gasteiger partial charge on any atom is -0.388 e.